The van der Waals surface area contributed by atoms with Crippen LogP contribution in [0, 0.1) is 6.08 Å². The molecular formula is C10H12FN5O. The second-order valence-electron chi connectivity index (χ2n) is 3.92. The van der Waals surface area contributed by atoms with E-state index in [9.17, 15) is 4.39 Å². The molecule has 0 unspecified atom stereocenters. The van der Waals surface area contributed by atoms with Gasteiger partial charge in [-0.15, -0.1) is 0 Å². The van der Waals surface area contributed by atoms with Gasteiger partial charge in [-0.3, -0.25) is 4.68 Å². The highest BCUT2D eigenvalue weighted by Crippen LogP contribution is 2.23. The molecule has 2 aromatic heterocycles. The van der Waals surface area contributed by atoms with E-state index in [1.165, 1.54) is 0 Å². The molecule has 0 N–H and O–H groups in total. The smallest absolute Gasteiger partial charge is 0.312 e. The minimum atomic E-state index is -0.720. The number of hydrogen-bond acceptors (Lipinski definition) is 5. The zero-order valence-corrected chi connectivity index (χ0v) is 9.43. The van der Waals surface area contributed by atoms with Gasteiger partial charge in [0, 0.05) is 20.1 Å². The highest BCUT2D eigenvalue weighted by Gasteiger charge is 2.19. The number of hydrogen-bond donors (Lipinski definition) is 0. The van der Waals surface area contributed by atoms with E-state index in [-0.39, 0.29) is 0 Å². The molecule has 6 nitrogen and oxygen atoms in total. The Hall–Kier alpha value is -1.76. The topological polar surface area (TPSA) is 56.1 Å². The number of anilines is 1. The third kappa shape index (κ3) is 1.72. The molecule has 1 aliphatic heterocycles. The molecule has 0 radical (unpaired) electrons. The van der Waals surface area contributed by atoms with Gasteiger partial charge >= 0.3 is 6.08 Å². The standard InChI is InChI=1S/C10H12FN5O/c1-15-8-7(6-12-15)9(14-10(11)13-8)16-2-4-17-5-3-16/h6H,2-5H2,1H3. The Bertz CT molecular complexity index is 549. The normalized spacial score (nSPS) is 16.7. The summed E-state index contributed by atoms with van der Waals surface area (Å²) in [7, 11) is 1.73. The van der Waals surface area contributed by atoms with Crippen LogP contribution in [0.1, 0.15) is 0 Å². The maximum atomic E-state index is 13.4. The SMILES string of the molecule is Cn1ncc2c(N3CCOCC3)nc(F)nc21. The van der Waals surface area contributed by atoms with Crippen LogP contribution in [0.25, 0.3) is 11.0 Å². The van der Waals surface area contributed by atoms with Gasteiger partial charge in [-0.05, 0) is 0 Å². The average Bonchev–Trinajstić information content (AvgIpc) is 2.72. The molecule has 1 fully saturated rings. The fourth-order valence-corrected chi connectivity index (χ4v) is 2.00. The summed E-state index contributed by atoms with van der Waals surface area (Å²) in [6.07, 6.45) is 0.946. The minimum absolute atomic E-state index is 0.513. The monoisotopic (exact) mass is 237 g/mol. The van der Waals surface area contributed by atoms with Crippen molar-refractivity contribution < 1.29 is 9.13 Å². The van der Waals surface area contributed by atoms with Crippen molar-refractivity contribution >= 4 is 16.9 Å². The highest BCUT2D eigenvalue weighted by atomic mass is 19.1. The highest BCUT2D eigenvalue weighted by molar-refractivity contribution is 5.86. The van der Waals surface area contributed by atoms with Gasteiger partial charge in [0.1, 0.15) is 5.82 Å². The molecular weight excluding hydrogens is 225 g/mol. The second-order valence-corrected chi connectivity index (χ2v) is 3.92. The third-order valence-electron chi connectivity index (χ3n) is 2.86. The predicted octanol–water partition coefficient (Wildman–Crippen LogP) is 0.339. The maximum Gasteiger partial charge on any atom is 0.312 e. The van der Waals surface area contributed by atoms with Crippen molar-refractivity contribution in [3.05, 3.63) is 12.3 Å². The lowest BCUT2D eigenvalue weighted by atomic mass is 10.3. The largest absolute Gasteiger partial charge is 0.378 e. The van der Waals surface area contributed by atoms with Crippen molar-refractivity contribution in [1.82, 2.24) is 19.7 Å². The van der Waals surface area contributed by atoms with E-state index in [4.69, 9.17) is 4.74 Å². The Morgan fingerprint density at radius 3 is 2.82 bits per heavy atom. The molecule has 0 atom stereocenters. The summed E-state index contributed by atoms with van der Waals surface area (Å²) in [4.78, 5) is 9.63. The van der Waals surface area contributed by atoms with Gasteiger partial charge in [0.15, 0.2) is 5.65 Å². The van der Waals surface area contributed by atoms with Crippen molar-refractivity contribution in [1.29, 1.82) is 0 Å². The average molecular weight is 237 g/mol. The van der Waals surface area contributed by atoms with Crippen molar-refractivity contribution in [3.63, 3.8) is 0 Å². The number of fused-ring (bicyclic) bond motifs is 1. The first-order chi connectivity index (χ1) is 8.25. The summed E-state index contributed by atoms with van der Waals surface area (Å²) in [5, 5.41) is 4.86. The number of morpholine rings is 1. The number of ether oxygens (including phenoxy) is 1. The number of rotatable bonds is 1. The van der Waals surface area contributed by atoms with Crippen LogP contribution >= 0.6 is 0 Å². The summed E-state index contributed by atoms with van der Waals surface area (Å²) >= 11 is 0. The summed E-state index contributed by atoms with van der Waals surface area (Å²) in [5.41, 5.74) is 0.513. The summed E-state index contributed by atoms with van der Waals surface area (Å²) in [6, 6.07) is 0. The molecule has 0 aliphatic carbocycles. The van der Waals surface area contributed by atoms with Crippen LogP contribution in [-0.2, 0) is 11.8 Å². The molecule has 7 heteroatoms. The van der Waals surface area contributed by atoms with E-state index in [0.717, 1.165) is 5.39 Å². The molecule has 0 amide bonds. The minimum Gasteiger partial charge on any atom is -0.378 e. The Kier molecular flexibility index (Phi) is 2.40. The molecule has 3 rings (SSSR count). The van der Waals surface area contributed by atoms with E-state index in [1.54, 1.807) is 17.9 Å². The predicted molar refractivity (Wildman–Crippen MR) is 59.3 cm³/mol. The summed E-state index contributed by atoms with van der Waals surface area (Å²) in [5.74, 6) is 0.601. The number of aryl methyl sites for hydroxylation is 1. The van der Waals surface area contributed by atoms with Gasteiger partial charge in [0.25, 0.3) is 0 Å². The van der Waals surface area contributed by atoms with Gasteiger partial charge in [-0.25, -0.2) is 0 Å². The van der Waals surface area contributed by atoms with Gasteiger partial charge < -0.3 is 9.64 Å². The molecule has 3 heterocycles. The lowest BCUT2D eigenvalue weighted by Gasteiger charge is -2.27. The van der Waals surface area contributed by atoms with Crippen molar-refractivity contribution in [2.24, 2.45) is 7.05 Å². The second kappa shape index (κ2) is 3.92. The first-order valence-corrected chi connectivity index (χ1v) is 5.43. The number of aromatic nitrogens is 4. The Balaban J connectivity index is 2.13. The Morgan fingerprint density at radius 1 is 1.29 bits per heavy atom. The molecule has 0 bridgehead atoms. The van der Waals surface area contributed by atoms with Crippen LogP contribution in [0.4, 0.5) is 10.2 Å². The summed E-state index contributed by atoms with van der Waals surface area (Å²) < 4.78 is 20.2. The zero-order chi connectivity index (χ0) is 11.8. The van der Waals surface area contributed by atoms with Crippen molar-refractivity contribution in [2.75, 3.05) is 31.2 Å². The molecule has 17 heavy (non-hydrogen) atoms. The van der Waals surface area contributed by atoms with Gasteiger partial charge in [-0.1, -0.05) is 0 Å². The first kappa shape index (κ1) is 10.4. The van der Waals surface area contributed by atoms with E-state index in [1.807, 2.05) is 4.90 Å². The number of nitrogens with zero attached hydrogens (tertiary/aromatic N) is 5. The Morgan fingerprint density at radius 2 is 2.06 bits per heavy atom. The van der Waals surface area contributed by atoms with Crippen LogP contribution in [0.3, 0.4) is 0 Å². The van der Waals surface area contributed by atoms with E-state index >= 15 is 0 Å². The lowest BCUT2D eigenvalue weighted by molar-refractivity contribution is 0.122. The molecule has 2 aromatic rings. The molecule has 0 spiro atoms. The molecule has 1 saturated heterocycles. The molecule has 0 saturated carbocycles. The first-order valence-electron chi connectivity index (χ1n) is 5.43. The van der Waals surface area contributed by atoms with Crippen LogP contribution in [0.2, 0.25) is 0 Å². The Labute approximate surface area is 97.0 Å². The zero-order valence-electron chi connectivity index (χ0n) is 9.43. The van der Waals surface area contributed by atoms with Crippen LogP contribution in [0.15, 0.2) is 6.20 Å². The van der Waals surface area contributed by atoms with Crippen molar-refractivity contribution in [2.45, 2.75) is 0 Å². The van der Waals surface area contributed by atoms with Gasteiger partial charge in [0.05, 0.1) is 24.8 Å². The van der Waals surface area contributed by atoms with Crippen LogP contribution < -0.4 is 4.90 Å². The van der Waals surface area contributed by atoms with Crippen molar-refractivity contribution in [3.8, 4) is 0 Å². The van der Waals surface area contributed by atoms with E-state index < -0.39 is 6.08 Å². The third-order valence-corrected chi connectivity index (χ3v) is 2.86. The van der Waals surface area contributed by atoms with Gasteiger partial charge in [0.2, 0.25) is 0 Å². The van der Waals surface area contributed by atoms with Gasteiger partial charge in [-0.2, -0.15) is 19.5 Å². The molecule has 0 aromatic carbocycles. The van der Waals surface area contributed by atoms with Crippen LogP contribution in [-0.4, -0.2) is 46.1 Å². The van der Waals surface area contributed by atoms with E-state index in [0.29, 0.717) is 37.8 Å². The molecule has 1 aliphatic rings. The maximum absolute atomic E-state index is 13.4. The van der Waals surface area contributed by atoms with E-state index in [2.05, 4.69) is 15.1 Å². The fraction of sp³-hybridized carbons (Fsp3) is 0.500. The molecule has 90 valence electrons. The lowest BCUT2D eigenvalue weighted by Crippen LogP contribution is -2.37. The van der Waals surface area contributed by atoms with Crippen LogP contribution in [0.5, 0.6) is 0 Å². The quantitative estimate of drug-likeness (QED) is 0.669. The number of halogens is 1. The summed E-state index contributed by atoms with van der Waals surface area (Å²) in [6.45, 7) is 2.68. The fourth-order valence-electron chi connectivity index (χ4n) is 2.00.